The Kier molecular flexibility index (Phi) is 3.69. The third kappa shape index (κ3) is 2.67. The Hall–Kier alpha value is -0.610. The van der Waals surface area contributed by atoms with Crippen LogP contribution in [-0.2, 0) is 6.42 Å². The summed E-state index contributed by atoms with van der Waals surface area (Å²) in [6.45, 7) is 0.788. The van der Waals surface area contributed by atoms with Crippen LogP contribution in [-0.4, -0.2) is 18.7 Å². The predicted octanol–water partition coefficient (Wildman–Crippen LogP) is 2.06. The van der Waals surface area contributed by atoms with Crippen LogP contribution in [0.25, 0.3) is 0 Å². The highest BCUT2D eigenvalue weighted by Crippen LogP contribution is 2.28. The van der Waals surface area contributed by atoms with Crippen molar-refractivity contribution < 1.29 is 9.50 Å². The molecule has 0 saturated heterocycles. The monoisotopic (exact) mass is 247 g/mol. The topological polar surface area (TPSA) is 32.3 Å². The van der Waals surface area contributed by atoms with E-state index in [1.165, 1.54) is 6.07 Å². The van der Waals surface area contributed by atoms with Gasteiger partial charge in [-0.05, 0) is 53.6 Å². The van der Waals surface area contributed by atoms with Crippen molar-refractivity contribution >= 4 is 15.9 Å². The Morgan fingerprint density at radius 3 is 2.77 bits per heavy atom. The highest BCUT2D eigenvalue weighted by molar-refractivity contribution is 9.10. The van der Waals surface area contributed by atoms with Crippen LogP contribution in [0.15, 0.2) is 16.6 Å². The third-order valence-corrected chi connectivity index (χ3v) is 2.34. The molecule has 13 heavy (non-hydrogen) atoms. The minimum atomic E-state index is -0.583. The molecule has 0 aromatic heterocycles. The smallest absolute Gasteiger partial charge is 0.166 e. The zero-order valence-corrected chi connectivity index (χ0v) is 8.86. The van der Waals surface area contributed by atoms with Gasteiger partial charge >= 0.3 is 0 Å². The Morgan fingerprint density at radius 1 is 1.54 bits per heavy atom. The minimum absolute atomic E-state index is 0.326. The normalized spacial score (nSPS) is 10.4. The molecule has 0 fully saturated rings. The molecule has 0 aliphatic carbocycles. The van der Waals surface area contributed by atoms with Gasteiger partial charge in [0.2, 0.25) is 0 Å². The lowest BCUT2D eigenvalue weighted by atomic mass is 10.1. The van der Waals surface area contributed by atoms with Crippen LogP contribution in [0.5, 0.6) is 5.75 Å². The van der Waals surface area contributed by atoms with Crippen molar-refractivity contribution in [3.63, 3.8) is 0 Å². The summed E-state index contributed by atoms with van der Waals surface area (Å²) < 4.78 is 13.4. The van der Waals surface area contributed by atoms with Gasteiger partial charge in [0.05, 0.1) is 4.47 Å². The van der Waals surface area contributed by atoms with Crippen LogP contribution in [0.2, 0.25) is 0 Å². The van der Waals surface area contributed by atoms with Gasteiger partial charge in [-0.3, -0.25) is 0 Å². The van der Waals surface area contributed by atoms with Crippen LogP contribution >= 0.6 is 15.9 Å². The number of rotatable bonds is 3. The molecular weight excluding hydrogens is 237 g/mol. The molecule has 0 aliphatic rings. The van der Waals surface area contributed by atoms with Gasteiger partial charge in [-0.15, -0.1) is 0 Å². The van der Waals surface area contributed by atoms with Crippen molar-refractivity contribution in [2.24, 2.45) is 0 Å². The maximum absolute atomic E-state index is 13.0. The first-order valence-electron chi connectivity index (χ1n) is 3.96. The summed E-state index contributed by atoms with van der Waals surface area (Å²) in [5, 5.41) is 12.1. The van der Waals surface area contributed by atoms with Crippen molar-refractivity contribution in [2.75, 3.05) is 13.6 Å². The van der Waals surface area contributed by atoms with Gasteiger partial charge in [0, 0.05) is 0 Å². The van der Waals surface area contributed by atoms with Crippen molar-refractivity contribution in [2.45, 2.75) is 6.42 Å². The van der Waals surface area contributed by atoms with Crippen LogP contribution in [0.1, 0.15) is 5.56 Å². The van der Waals surface area contributed by atoms with Crippen LogP contribution < -0.4 is 5.32 Å². The average Bonchev–Trinajstić information content (AvgIpc) is 2.10. The second-order valence-corrected chi connectivity index (χ2v) is 3.62. The first kappa shape index (κ1) is 10.5. The van der Waals surface area contributed by atoms with Crippen molar-refractivity contribution in [1.29, 1.82) is 0 Å². The average molecular weight is 248 g/mol. The fourth-order valence-electron chi connectivity index (χ4n) is 1.03. The summed E-state index contributed by atoms with van der Waals surface area (Å²) in [4.78, 5) is 0. The van der Waals surface area contributed by atoms with E-state index in [1.807, 2.05) is 7.05 Å². The maximum Gasteiger partial charge on any atom is 0.166 e. The quantitative estimate of drug-likeness (QED) is 0.858. The lowest BCUT2D eigenvalue weighted by Crippen LogP contribution is -2.10. The number of phenolic OH excluding ortho intramolecular Hbond substituents is 1. The molecule has 0 unspecified atom stereocenters. The van der Waals surface area contributed by atoms with Gasteiger partial charge in [-0.1, -0.05) is 0 Å². The highest BCUT2D eigenvalue weighted by atomic mass is 79.9. The van der Waals surface area contributed by atoms with Crippen molar-refractivity contribution in [3.05, 3.63) is 28.0 Å². The fraction of sp³-hybridized carbons (Fsp3) is 0.333. The summed E-state index contributed by atoms with van der Waals surface area (Å²) in [5.74, 6) is -0.909. The second-order valence-electron chi connectivity index (χ2n) is 2.76. The van der Waals surface area contributed by atoms with Gasteiger partial charge in [0.25, 0.3) is 0 Å². The van der Waals surface area contributed by atoms with Crippen LogP contribution in [0.3, 0.4) is 0 Å². The molecule has 0 atom stereocenters. The molecule has 2 nitrogen and oxygen atoms in total. The molecule has 1 aromatic rings. The number of likely N-dealkylation sites (N-methyl/N-ethyl adjacent to an activating group) is 1. The van der Waals surface area contributed by atoms with E-state index in [4.69, 9.17) is 5.11 Å². The lowest BCUT2D eigenvalue weighted by Gasteiger charge is -2.04. The lowest BCUT2D eigenvalue weighted by molar-refractivity contribution is 0.428. The number of aromatic hydroxyl groups is 1. The summed E-state index contributed by atoms with van der Waals surface area (Å²) in [7, 11) is 1.84. The van der Waals surface area contributed by atoms with Crippen molar-refractivity contribution in [1.82, 2.24) is 5.32 Å². The molecule has 0 spiro atoms. The van der Waals surface area contributed by atoms with Gasteiger partial charge in [-0.2, -0.15) is 0 Å². The molecule has 0 radical (unpaired) electrons. The number of benzene rings is 1. The number of nitrogens with one attached hydrogen (secondary N) is 1. The van der Waals surface area contributed by atoms with E-state index >= 15 is 0 Å². The molecular formula is C9H11BrFNO. The van der Waals surface area contributed by atoms with Crippen molar-refractivity contribution in [3.8, 4) is 5.75 Å². The van der Waals surface area contributed by atoms with Crippen LogP contribution in [0, 0.1) is 5.82 Å². The highest BCUT2D eigenvalue weighted by Gasteiger charge is 2.06. The molecule has 0 saturated carbocycles. The molecule has 0 heterocycles. The van der Waals surface area contributed by atoms with Gasteiger partial charge in [-0.25, -0.2) is 4.39 Å². The van der Waals surface area contributed by atoms with E-state index in [0.29, 0.717) is 4.47 Å². The third-order valence-electron chi connectivity index (χ3n) is 1.74. The van der Waals surface area contributed by atoms with E-state index in [1.54, 1.807) is 6.07 Å². The fourth-order valence-corrected chi connectivity index (χ4v) is 1.52. The molecule has 1 aromatic carbocycles. The molecule has 1 rings (SSSR count). The van der Waals surface area contributed by atoms with E-state index < -0.39 is 5.82 Å². The summed E-state index contributed by atoms with van der Waals surface area (Å²) in [5.41, 5.74) is 0.858. The van der Waals surface area contributed by atoms with E-state index in [0.717, 1.165) is 18.5 Å². The zero-order chi connectivity index (χ0) is 9.84. The van der Waals surface area contributed by atoms with Crippen LogP contribution in [0.4, 0.5) is 4.39 Å². The Morgan fingerprint density at radius 2 is 2.23 bits per heavy atom. The van der Waals surface area contributed by atoms with E-state index in [9.17, 15) is 4.39 Å². The Bertz CT molecular complexity index is 281. The number of hydrogen-bond donors (Lipinski definition) is 2. The number of hydrogen-bond acceptors (Lipinski definition) is 2. The van der Waals surface area contributed by atoms with Gasteiger partial charge < -0.3 is 10.4 Å². The second kappa shape index (κ2) is 4.58. The van der Waals surface area contributed by atoms with E-state index in [-0.39, 0.29) is 5.75 Å². The maximum atomic E-state index is 13.0. The molecule has 0 bridgehead atoms. The Balaban J connectivity index is 2.86. The van der Waals surface area contributed by atoms with Gasteiger partial charge in [0.1, 0.15) is 0 Å². The largest absolute Gasteiger partial charge is 0.504 e. The Labute approximate surface area is 84.9 Å². The molecule has 2 N–H and O–H groups in total. The molecule has 4 heteroatoms. The number of phenols is 1. The number of halogens is 2. The summed E-state index contributed by atoms with van der Waals surface area (Å²) in [6.07, 6.45) is 0.742. The zero-order valence-electron chi connectivity index (χ0n) is 7.27. The first-order valence-corrected chi connectivity index (χ1v) is 4.76. The standard InChI is InChI=1S/C9H11BrFNO/c1-12-3-2-6-4-7(10)9(13)8(11)5-6/h4-5,12-13H,2-3H2,1H3. The van der Waals surface area contributed by atoms with Gasteiger partial charge in [0.15, 0.2) is 11.6 Å². The summed E-state index contributed by atoms with van der Waals surface area (Å²) in [6, 6.07) is 3.06. The first-order chi connectivity index (χ1) is 6.15. The predicted molar refractivity (Wildman–Crippen MR) is 53.4 cm³/mol. The minimum Gasteiger partial charge on any atom is -0.504 e. The summed E-state index contributed by atoms with van der Waals surface area (Å²) >= 11 is 3.08. The molecule has 0 amide bonds. The molecule has 0 aliphatic heterocycles. The molecule has 72 valence electrons. The van der Waals surface area contributed by atoms with E-state index in [2.05, 4.69) is 21.2 Å². The SMILES string of the molecule is CNCCc1cc(F)c(O)c(Br)c1.